The Morgan fingerprint density at radius 1 is 1.23 bits per heavy atom. The zero-order chi connectivity index (χ0) is 18.1. The lowest BCUT2D eigenvalue weighted by Gasteiger charge is -2.30. The average molecular weight is 386 g/mol. The monoisotopic (exact) mass is 385 g/mol. The van der Waals surface area contributed by atoms with Crippen molar-refractivity contribution < 1.29 is 4.74 Å². The number of fused-ring (bicyclic) bond motifs is 3. The summed E-state index contributed by atoms with van der Waals surface area (Å²) in [6.07, 6.45) is 3.90. The fourth-order valence-electron chi connectivity index (χ4n) is 3.31. The third-order valence-corrected chi connectivity index (χ3v) is 6.29. The van der Waals surface area contributed by atoms with Crippen molar-refractivity contribution in [2.24, 2.45) is 0 Å². The first-order chi connectivity index (χ1) is 12.6. The highest BCUT2D eigenvalue weighted by Crippen LogP contribution is 2.41. The van der Waals surface area contributed by atoms with E-state index in [-0.39, 0.29) is 5.60 Å². The van der Waals surface area contributed by atoms with Crippen LogP contribution >= 0.6 is 23.1 Å². The van der Waals surface area contributed by atoms with Crippen LogP contribution in [0.3, 0.4) is 0 Å². The van der Waals surface area contributed by atoms with Gasteiger partial charge in [-0.1, -0.05) is 42.1 Å². The first-order valence-corrected chi connectivity index (χ1v) is 10.9. The summed E-state index contributed by atoms with van der Waals surface area (Å²) in [7, 11) is 0. The summed E-state index contributed by atoms with van der Waals surface area (Å²) in [6.45, 7) is 5.83. The van der Waals surface area contributed by atoms with Crippen molar-refractivity contribution in [3.8, 4) is 0 Å². The minimum Gasteiger partial charge on any atom is -0.370 e. The molecule has 4 nitrogen and oxygen atoms in total. The molecule has 0 amide bonds. The molecule has 0 spiro atoms. The summed E-state index contributed by atoms with van der Waals surface area (Å²) in [5.74, 6) is 0.963. The van der Waals surface area contributed by atoms with Gasteiger partial charge in [0, 0.05) is 17.8 Å². The molecule has 0 atom stereocenters. The second-order valence-corrected chi connectivity index (χ2v) is 8.99. The molecular weight excluding hydrogens is 362 g/mol. The third-order valence-electron chi connectivity index (χ3n) is 4.64. The Bertz CT molecular complexity index is 922. The van der Waals surface area contributed by atoms with Gasteiger partial charge >= 0.3 is 0 Å². The number of ether oxygens (including phenoxy) is 1. The smallest absolute Gasteiger partial charge is 0.190 e. The number of aromatic nitrogens is 2. The van der Waals surface area contributed by atoms with E-state index in [9.17, 15) is 0 Å². The number of thioether (sulfide) groups is 1. The predicted octanol–water partition coefficient (Wildman–Crippen LogP) is 4.92. The van der Waals surface area contributed by atoms with Crippen LogP contribution in [0.1, 0.15) is 29.9 Å². The average Bonchev–Trinajstić information content (AvgIpc) is 2.99. The van der Waals surface area contributed by atoms with Gasteiger partial charge in [0.15, 0.2) is 5.16 Å². The van der Waals surface area contributed by atoms with E-state index in [2.05, 4.69) is 49.5 Å². The number of nitrogens with zero attached hydrogens (tertiary/aromatic N) is 2. The van der Waals surface area contributed by atoms with Crippen molar-refractivity contribution in [3.63, 3.8) is 0 Å². The van der Waals surface area contributed by atoms with Gasteiger partial charge < -0.3 is 10.1 Å². The topological polar surface area (TPSA) is 47.0 Å². The van der Waals surface area contributed by atoms with Crippen LogP contribution in [0.15, 0.2) is 35.5 Å². The molecule has 1 aliphatic rings. The highest BCUT2D eigenvalue weighted by molar-refractivity contribution is 7.98. The Hall–Kier alpha value is -1.63. The van der Waals surface area contributed by atoms with Crippen LogP contribution in [-0.2, 0) is 24.2 Å². The molecule has 2 aromatic heterocycles. The molecule has 0 aliphatic carbocycles. The molecule has 26 heavy (non-hydrogen) atoms. The Morgan fingerprint density at radius 3 is 2.81 bits per heavy atom. The molecule has 0 fully saturated rings. The molecule has 3 aromatic rings. The SMILES string of the molecule is CSc1nc(NCCc2ccccc2)c2c3c(sc2n1)COC(C)(C)C3. The van der Waals surface area contributed by atoms with E-state index in [0.29, 0.717) is 6.61 Å². The number of benzene rings is 1. The van der Waals surface area contributed by atoms with E-state index in [0.717, 1.165) is 35.2 Å². The Balaban J connectivity index is 1.67. The molecule has 0 saturated heterocycles. The van der Waals surface area contributed by atoms with Gasteiger partial charge in [0.2, 0.25) is 0 Å². The van der Waals surface area contributed by atoms with E-state index < -0.39 is 0 Å². The first-order valence-electron chi connectivity index (χ1n) is 8.84. The van der Waals surface area contributed by atoms with Crippen LogP contribution in [-0.4, -0.2) is 28.4 Å². The lowest BCUT2D eigenvalue weighted by molar-refractivity contribution is -0.0379. The number of rotatable bonds is 5. The summed E-state index contributed by atoms with van der Waals surface area (Å²) < 4.78 is 5.99. The van der Waals surface area contributed by atoms with Crippen molar-refractivity contribution in [1.82, 2.24) is 9.97 Å². The van der Waals surface area contributed by atoms with Crippen molar-refractivity contribution >= 4 is 39.1 Å². The van der Waals surface area contributed by atoms with Gasteiger partial charge in [0.05, 0.1) is 17.6 Å². The summed E-state index contributed by atoms with van der Waals surface area (Å²) in [4.78, 5) is 11.9. The molecule has 0 saturated carbocycles. The standard InChI is InChI=1S/C20H23N3OS2/c1-20(2)11-14-15(12-24-20)26-18-16(14)17(22-19(23-18)25-3)21-10-9-13-7-5-4-6-8-13/h4-8H,9-12H2,1-3H3,(H,21,22,23). The number of hydrogen-bond acceptors (Lipinski definition) is 6. The normalized spacial score (nSPS) is 15.8. The second kappa shape index (κ2) is 7.18. The van der Waals surface area contributed by atoms with Crippen LogP contribution in [0.5, 0.6) is 0 Å². The maximum absolute atomic E-state index is 5.99. The van der Waals surface area contributed by atoms with Crippen LogP contribution in [0.2, 0.25) is 0 Å². The minimum absolute atomic E-state index is 0.138. The predicted molar refractivity (Wildman–Crippen MR) is 110 cm³/mol. The third kappa shape index (κ3) is 3.59. The van der Waals surface area contributed by atoms with E-state index in [1.165, 1.54) is 21.4 Å². The fourth-order valence-corrected chi connectivity index (χ4v) is 4.84. The van der Waals surface area contributed by atoms with Gasteiger partial charge in [-0.2, -0.15) is 0 Å². The lowest BCUT2D eigenvalue weighted by Crippen LogP contribution is -2.31. The molecule has 1 N–H and O–H groups in total. The van der Waals surface area contributed by atoms with E-state index in [4.69, 9.17) is 14.7 Å². The molecule has 0 bridgehead atoms. The maximum atomic E-state index is 5.99. The van der Waals surface area contributed by atoms with Gasteiger partial charge in [-0.25, -0.2) is 9.97 Å². The molecule has 1 aromatic carbocycles. The van der Waals surface area contributed by atoms with Gasteiger partial charge in [0.25, 0.3) is 0 Å². The van der Waals surface area contributed by atoms with Gasteiger partial charge in [-0.15, -0.1) is 11.3 Å². The maximum Gasteiger partial charge on any atom is 0.190 e. The Labute approximate surface area is 162 Å². The quantitative estimate of drug-likeness (QED) is 0.499. The number of nitrogens with one attached hydrogen (secondary N) is 1. The molecule has 0 radical (unpaired) electrons. The largest absolute Gasteiger partial charge is 0.370 e. The zero-order valence-corrected chi connectivity index (χ0v) is 17.0. The lowest BCUT2D eigenvalue weighted by atomic mass is 9.94. The molecule has 3 heterocycles. The summed E-state index contributed by atoms with van der Waals surface area (Å²) in [6, 6.07) is 10.5. The summed E-state index contributed by atoms with van der Waals surface area (Å²) in [5.41, 5.74) is 2.55. The molecule has 6 heteroatoms. The minimum atomic E-state index is -0.138. The number of anilines is 1. The van der Waals surface area contributed by atoms with Gasteiger partial charge in [0.1, 0.15) is 10.6 Å². The van der Waals surface area contributed by atoms with Crippen LogP contribution < -0.4 is 5.32 Å². The zero-order valence-electron chi connectivity index (χ0n) is 15.3. The van der Waals surface area contributed by atoms with Crippen LogP contribution in [0.25, 0.3) is 10.2 Å². The van der Waals surface area contributed by atoms with Crippen molar-refractivity contribution in [3.05, 3.63) is 46.3 Å². The van der Waals surface area contributed by atoms with Gasteiger partial charge in [-0.05, 0) is 37.7 Å². The molecular formula is C20H23N3OS2. The van der Waals surface area contributed by atoms with Crippen LogP contribution in [0, 0.1) is 0 Å². The number of hydrogen-bond donors (Lipinski definition) is 1. The van der Waals surface area contributed by atoms with Crippen molar-refractivity contribution in [2.75, 3.05) is 18.1 Å². The van der Waals surface area contributed by atoms with Gasteiger partial charge in [-0.3, -0.25) is 0 Å². The molecule has 136 valence electrons. The molecule has 4 rings (SSSR count). The molecule has 0 unspecified atom stereocenters. The van der Waals surface area contributed by atoms with Crippen molar-refractivity contribution in [2.45, 2.75) is 44.1 Å². The molecule has 1 aliphatic heterocycles. The van der Waals surface area contributed by atoms with E-state index in [1.54, 1.807) is 23.1 Å². The summed E-state index contributed by atoms with van der Waals surface area (Å²) in [5, 5.41) is 5.58. The Kier molecular flexibility index (Phi) is 4.90. The van der Waals surface area contributed by atoms with Crippen LogP contribution in [0.4, 0.5) is 5.82 Å². The second-order valence-electron chi connectivity index (χ2n) is 7.13. The van der Waals surface area contributed by atoms with Crippen molar-refractivity contribution in [1.29, 1.82) is 0 Å². The van der Waals surface area contributed by atoms with E-state index >= 15 is 0 Å². The highest BCUT2D eigenvalue weighted by atomic mass is 32.2. The first kappa shape index (κ1) is 17.8. The van der Waals surface area contributed by atoms with E-state index in [1.807, 2.05) is 6.26 Å². The number of thiophene rings is 1. The Morgan fingerprint density at radius 2 is 2.04 bits per heavy atom. The summed E-state index contributed by atoms with van der Waals surface area (Å²) >= 11 is 3.33. The fraction of sp³-hybridized carbons (Fsp3) is 0.400. The highest BCUT2D eigenvalue weighted by Gasteiger charge is 2.31.